The standard InChI is InChI=1S/C13H11N5O3S/c1-8-14-6-9(22-8)7-15-12-11(18(20)21)13(19)17-5-3-2-4-10(17)16-12/h2-6,15H,7H2,1H3. The van der Waals surface area contributed by atoms with Gasteiger partial charge in [0.2, 0.25) is 5.82 Å². The molecule has 1 N–H and O–H groups in total. The zero-order valence-corrected chi connectivity index (χ0v) is 12.3. The van der Waals surface area contributed by atoms with Crippen molar-refractivity contribution in [1.29, 1.82) is 0 Å². The number of nitrogens with zero attached hydrogens (tertiary/aromatic N) is 4. The first kappa shape index (κ1) is 14.1. The minimum atomic E-state index is -0.713. The largest absolute Gasteiger partial charge is 0.376 e. The Bertz CT molecular complexity index is 917. The van der Waals surface area contributed by atoms with Gasteiger partial charge in [0.1, 0.15) is 5.65 Å². The quantitative estimate of drug-likeness (QED) is 0.583. The van der Waals surface area contributed by atoms with Gasteiger partial charge in [-0.15, -0.1) is 11.3 Å². The molecule has 3 aromatic heterocycles. The molecule has 22 heavy (non-hydrogen) atoms. The van der Waals surface area contributed by atoms with Gasteiger partial charge in [0.25, 0.3) is 0 Å². The Morgan fingerprint density at radius 1 is 1.45 bits per heavy atom. The summed E-state index contributed by atoms with van der Waals surface area (Å²) in [5.41, 5.74) is -0.926. The molecular formula is C13H11N5O3S. The molecule has 112 valence electrons. The maximum Gasteiger partial charge on any atom is 0.376 e. The van der Waals surface area contributed by atoms with Crippen LogP contribution < -0.4 is 10.9 Å². The Balaban J connectivity index is 2.05. The van der Waals surface area contributed by atoms with Gasteiger partial charge in [-0.3, -0.25) is 19.3 Å². The lowest BCUT2D eigenvalue weighted by Crippen LogP contribution is -2.21. The van der Waals surface area contributed by atoms with Crippen molar-refractivity contribution in [3.05, 3.63) is 60.9 Å². The first-order valence-electron chi connectivity index (χ1n) is 6.37. The third-order valence-corrected chi connectivity index (χ3v) is 3.90. The molecule has 3 heterocycles. The van der Waals surface area contributed by atoms with Crippen LogP contribution in [0.3, 0.4) is 0 Å². The number of rotatable bonds is 4. The number of hydrogen-bond acceptors (Lipinski definition) is 7. The number of anilines is 1. The molecule has 9 heteroatoms. The number of fused-ring (bicyclic) bond motifs is 1. The summed E-state index contributed by atoms with van der Waals surface area (Å²) in [4.78, 5) is 31.9. The van der Waals surface area contributed by atoms with Gasteiger partial charge in [0, 0.05) is 17.3 Å². The minimum Gasteiger partial charge on any atom is -0.359 e. The molecule has 0 radical (unpaired) electrons. The second-order valence-corrected chi connectivity index (χ2v) is 5.82. The first-order chi connectivity index (χ1) is 10.6. The van der Waals surface area contributed by atoms with Gasteiger partial charge in [-0.1, -0.05) is 6.07 Å². The van der Waals surface area contributed by atoms with Gasteiger partial charge in [0.15, 0.2) is 0 Å². The van der Waals surface area contributed by atoms with E-state index in [0.29, 0.717) is 12.2 Å². The van der Waals surface area contributed by atoms with E-state index >= 15 is 0 Å². The minimum absolute atomic E-state index is 0.0350. The van der Waals surface area contributed by atoms with Crippen LogP contribution in [0.15, 0.2) is 35.4 Å². The van der Waals surface area contributed by atoms with Crippen LogP contribution in [-0.4, -0.2) is 19.3 Å². The topological polar surface area (TPSA) is 102 Å². The first-order valence-corrected chi connectivity index (χ1v) is 7.19. The number of nitrogens with one attached hydrogen (secondary N) is 1. The molecule has 0 aromatic carbocycles. The molecule has 0 aliphatic heterocycles. The van der Waals surface area contributed by atoms with Crippen molar-refractivity contribution in [2.24, 2.45) is 0 Å². The van der Waals surface area contributed by atoms with Crippen LogP contribution in [0.4, 0.5) is 11.5 Å². The summed E-state index contributed by atoms with van der Waals surface area (Å²) in [5, 5.41) is 15.0. The highest BCUT2D eigenvalue weighted by molar-refractivity contribution is 7.11. The van der Waals surface area contributed by atoms with E-state index in [1.807, 2.05) is 6.92 Å². The van der Waals surface area contributed by atoms with Gasteiger partial charge in [0.05, 0.1) is 16.5 Å². The molecule has 0 amide bonds. The second kappa shape index (κ2) is 5.53. The fraction of sp³-hybridized carbons (Fsp3) is 0.154. The van der Waals surface area contributed by atoms with E-state index in [1.165, 1.54) is 17.5 Å². The van der Waals surface area contributed by atoms with Gasteiger partial charge >= 0.3 is 11.2 Å². The third-order valence-electron chi connectivity index (χ3n) is 2.99. The predicted octanol–water partition coefficient (Wildman–Crippen LogP) is 1.98. The molecule has 0 atom stereocenters. The van der Waals surface area contributed by atoms with Gasteiger partial charge < -0.3 is 5.32 Å². The van der Waals surface area contributed by atoms with E-state index < -0.39 is 16.2 Å². The lowest BCUT2D eigenvalue weighted by Gasteiger charge is -2.06. The molecular weight excluding hydrogens is 306 g/mol. The predicted molar refractivity (Wildman–Crippen MR) is 82.3 cm³/mol. The molecule has 0 unspecified atom stereocenters. The summed E-state index contributed by atoms with van der Waals surface area (Å²) in [6, 6.07) is 4.95. The Labute approximate surface area is 128 Å². The smallest absolute Gasteiger partial charge is 0.359 e. The SMILES string of the molecule is Cc1ncc(CNc2nc3ccccn3c(=O)c2[N+](=O)[O-])s1. The average molecular weight is 317 g/mol. The average Bonchev–Trinajstić information content (AvgIpc) is 2.90. The fourth-order valence-electron chi connectivity index (χ4n) is 2.03. The molecule has 0 saturated carbocycles. The zero-order chi connectivity index (χ0) is 15.7. The highest BCUT2D eigenvalue weighted by Gasteiger charge is 2.23. The molecule has 3 aromatic rings. The molecule has 3 rings (SSSR count). The molecule has 0 spiro atoms. The van der Waals surface area contributed by atoms with E-state index in [9.17, 15) is 14.9 Å². The van der Waals surface area contributed by atoms with E-state index in [4.69, 9.17) is 0 Å². The van der Waals surface area contributed by atoms with Crippen molar-refractivity contribution in [3.63, 3.8) is 0 Å². The number of pyridine rings is 1. The number of aryl methyl sites for hydroxylation is 1. The Morgan fingerprint density at radius 2 is 2.27 bits per heavy atom. The van der Waals surface area contributed by atoms with Gasteiger partial charge in [-0.2, -0.15) is 0 Å². The van der Waals surface area contributed by atoms with Crippen molar-refractivity contribution in [2.75, 3.05) is 5.32 Å². The Morgan fingerprint density at radius 3 is 2.95 bits per heavy atom. The van der Waals surface area contributed by atoms with Crippen LogP contribution in [0.5, 0.6) is 0 Å². The summed E-state index contributed by atoms with van der Waals surface area (Å²) in [6.07, 6.45) is 3.14. The second-order valence-electron chi connectivity index (χ2n) is 4.50. The van der Waals surface area contributed by atoms with Crippen LogP contribution in [-0.2, 0) is 6.54 Å². The fourth-order valence-corrected chi connectivity index (χ4v) is 2.76. The molecule has 8 nitrogen and oxygen atoms in total. The van der Waals surface area contributed by atoms with Crippen molar-refractivity contribution in [1.82, 2.24) is 14.4 Å². The lowest BCUT2D eigenvalue weighted by molar-refractivity contribution is -0.385. The number of nitro groups is 1. The normalized spacial score (nSPS) is 10.8. The molecule has 0 bridgehead atoms. The molecule has 0 saturated heterocycles. The highest BCUT2D eigenvalue weighted by Crippen LogP contribution is 2.20. The van der Waals surface area contributed by atoms with Crippen molar-refractivity contribution in [3.8, 4) is 0 Å². The van der Waals surface area contributed by atoms with E-state index in [0.717, 1.165) is 14.3 Å². The van der Waals surface area contributed by atoms with Crippen LogP contribution in [0.2, 0.25) is 0 Å². The summed E-state index contributed by atoms with van der Waals surface area (Å²) in [7, 11) is 0. The van der Waals surface area contributed by atoms with E-state index in [1.54, 1.807) is 24.4 Å². The van der Waals surface area contributed by atoms with Crippen LogP contribution in [0.1, 0.15) is 9.88 Å². The van der Waals surface area contributed by atoms with Crippen LogP contribution >= 0.6 is 11.3 Å². The van der Waals surface area contributed by atoms with Crippen molar-refractivity contribution >= 4 is 28.5 Å². The summed E-state index contributed by atoms with van der Waals surface area (Å²) < 4.78 is 1.15. The zero-order valence-electron chi connectivity index (χ0n) is 11.5. The highest BCUT2D eigenvalue weighted by atomic mass is 32.1. The van der Waals surface area contributed by atoms with Crippen molar-refractivity contribution < 1.29 is 4.92 Å². The summed E-state index contributed by atoms with van der Waals surface area (Å²) in [6.45, 7) is 2.19. The Hall–Kier alpha value is -2.81. The molecule has 0 aliphatic rings. The summed E-state index contributed by atoms with van der Waals surface area (Å²) >= 11 is 1.47. The maximum atomic E-state index is 12.2. The number of aromatic nitrogens is 3. The van der Waals surface area contributed by atoms with E-state index in [2.05, 4.69) is 15.3 Å². The number of thiazole rings is 1. The summed E-state index contributed by atoms with van der Waals surface area (Å²) in [5.74, 6) is -0.0350. The maximum absolute atomic E-state index is 12.2. The monoisotopic (exact) mass is 317 g/mol. The van der Waals surface area contributed by atoms with Crippen LogP contribution in [0, 0.1) is 17.0 Å². The van der Waals surface area contributed by atoms with Gasteiger partial charge in [-0.05, 0) is 19.1 Å². The molecule has 0 fully saturated rings. The molecule has 0 aliphatic carbocycles. The number of hydrogen-bond donors (Lipinski definition) is 1. The Kier molecular flexibility index (Phi) is 3.55. The van der Waals surface area contributed by atoms with Crippen molar-refractivity contribution in [2.45, 2.75) is 13.5 Å². The van der Waals surface area contributed by atoms with Gasteiger partial charge in [-0.25, -0.2) is 9.97 Å². The lowest BCUT2D eigenvalue weighted by atomic mass is 10.4. The van der Waals surface area contributed by atoms with Crippen LogP contribution in [0.25, 0.3) is 5.65 Å². The van der Waals surface area contributed by atoms with E-state index in [-0.39, 0.29) is 5.82 Å². The third kappa shape index (κ3) is 2.53.